The smallest absolute Gasteiger partial charge is 0.130 e. The molecule has 3 aromatic rings. The molecule has 1 aliphatic heterocycles. The van der Waals surface area contributed by atoms with Gasteiger partial charge in [0.2, 0.25) is 0 Å². The summed E-state index contributed by atoms with van der Waals surface area (Å²) in [5.74, 6) is 7.61. The number of aromatic nitrogens is 1. The molecule has 0 saturated heterocycles. The Labute approximate surface area is 162 Å². The Kier molecular flexibility index (Phi) is 4.93. The largest absolute Gasteiger partial charge is 0.459 e. The standard InChI is InChI=1S/C23H16ClNO2/c24-20-7-3-17(4-8-20)19-5-10-21(25-14-19)9-1-16-2-12-23-18(13-16)6-11-22(15-26)27-23/h2-5,7-8,10-14,26H,6,15H2. The van der Waals surface area contributed by atoms with E-state index in [0.29, 0.717) is 16.5 Å². The van der Waals surface area contributed by atoms with E-state index in [0.717, 1.165) is 34.4 Å². The Bertz CT molecular complexity index is 1060. The van der Waals surface area contributed by atoms with Gasteiger partial charge in [0.15, 0.2) is 0 Å². The van der Waals surface area contributed by atoms with Crippen LogP contribution in [-0.4, -0.2) is 16.7 Å². The van der Waals surface area contributed by atoms with Crippen molar-refractivity contribution in [2.24, 2.45) is 0 Å². The van der Waals surface area contributed by atoms with Crippen LogP contribution in [0.3, 0.4) is 0 Å². The van der Waals surface area contributed by atoms with Gasteiger partial charge in [-0.25, -0.2) is 4.98 Å². The lowest BCUT2D eigenvalue weighted by Crippen LogP contribution is -2.07. The molecule has 0 bridgehead atoms. The van der Waals surface area contributed by atoms with Gasteiger partial charge in [-0.3, -0.25) is 0 Å². The quantitative estimate of drug-likeness (QED) is 0.667. The van der Waals surface area contributed by atoms with Crippen LogP contribution in [0.15, 0.2) is 72.6 Å². The predicted octanol–water partition coefficient (Wildman–Crippen LogP) is 4.61. The molecule has 1 N–H and O–H groups in total. The minimum Gasteiger partial charge on any atom is -0.459 e. The van der Waals surface area contributed by atoms with Gasteiger partial charge in [0, 0.05) is 22.3 Å². The van der Waals surface area contributed by atoms with E-state index >= 15 is 0 Å². The van der Waals surface area contributed by atoms with E-state index in [9.17, 15) is 0 Å². The molecule has 0 spiro atoms. The van der Waals surface area contributed by atoms with Gasteiger partial charge in [-0.05, 0) is 65.9 Å². The fourth-order valence-corrected chi connectivity index (χ4v) is 2.96. The van der Waals surface area contributed by atoms with E-state index < -0.39 is 0 Å². The molecule has 1 aliphatic rings. The van der Waals surface area contributed by atoms with Crippen LogP contribution < -0.4 is 4.74 Å². The molecule has 0 atom stereocenters. The average molecular weight is 374 g/mol. The number of nitrogens with zero attached hydrogens (tertiary/aromatic N) is 1. The monoisotopic (exact) mass is 373 g/mol. The maximum atomic E-state index is 9.16. The second-order valence-corrected chi connectivity index (χ2v) is 6.58. The Balaban J connectivity index is 1.51. The summed E-state index contributed by atoms with van der Waals surface area (Å²) in [5.41, 5.74) is 4.77. The maximum Gasteiger partial charge on any atom is 0.130 e. The van der Waals surface area contributed by atoms with Crippen LogP contribution >= 0.6 is 11.6 Å². The number of hydrogen-bond acceptors (Lipinski definition) is 3. The molecule has 0 saturated carbocycles. The highest BCUT2D eigenvalue weighted by molar-refractivity contribution is 6.30. The second-order valence-electron chi connectivity index (χ2n) is 6.15. The molecule has 0 aliphatic carbocycles. The molecule has 0 radical (unpaired) electrons. The van der Waals surface area contributed by atoms with E-state index in [1.54, 1.807) is 0 Å². The number of benzene rings is 2. The lowest BCUT2D eigenvalue weighted by Gasteiger charge is -2.16. The third-order valence-corrected chi connectivity index (χ3v) is 4.53. The van der Waals surface area contributed by atoms with Crippen molar-refractivity contribution in [1.82, 2.24) is 4.98 Å². The fourth-order valence-electron chi connectivity index (χ4n) is 2.84. The highest BCUT2D eigenvalue weighted by Gasteiger charge is 2.11. The highest BCUT2D eigenvalue weighted by atomic mass is 35.5. The van der Waals surface area contributed by atoms with Gasteiger partial charge in [0.25, 0.3) is 0 Å². The molecule has 2 aromatic carbocycles. The Morgan fingerprint density at radius 1 is 1.00 bits per heavy atom. The summed E-state index contributed by atoms with van der Waals surface area (Å²) in [6.07, 6.45) is 4.43. The molecule has 0 amide bonds. The van der Waals surface area contributed by atoms with Crippen LogP contribution in [0.2, 0.25) is 5.02 Å². The van der Waals surface area contributed by atoms with Gasteiger partial charge in [-0.1, -0.05) is 35.7 Å². The first-order valence-electron chi connectivity index (χ1n) is 8.56. The van der Waals surface area contributed by atoms with Crippen LogP contribution in [0.25, 0.3) is 11.1 Å². The SMILES string of the molecule is OCC1=CCc2cc(C#Cc3ccc(-c4ccc(Cl)cc4)cn3)ccc2O1. The summed E-state index contributed by atoms with van der Waals surface area (Å²) >= 11 is 5.93. The zero-order chi connectivity index (χ0) is 18.6. The van der Waals surface area contributed by atoms with Gasteiger partial charge >= 0.3 is 0 Å². The summed E-state index contributed by atoms with van der Waals surface area (Å²) in [5, 5.41) is 9.87. The average Bonchev–Trinajstić information content (AvgIpc) is 2.72. The molecule has 4 rings (SSSR count). The fraction of sp³-hybridized carbons (Fsp3) is 0.0870. The number of allylic oxidation sites excluding steroid dienone is 1. The van der Waals surface area contributed by atoms with Crippen LogP contribution in [0, 0.1) is 11.8 Å². The summed E-state index contributed by atoms with van der Waals surface area (Å²) in [6.45, 7) is -0.0846. The van der Waals surface area contributed by atoms with Gasteiger partial charge < -0.3 is 9.84 Å². The number of aliphatic hydroxyl groups is 1. The van der Waals surface area contributed by atoms with Crippen LogP contribution in [0.1, 0.15) is 16.8 Å². The van der Waals surface area contributed by atoms with Crippen molar-refractivity contribution >= 4 is 11.6 Å². The number of halogens is 1. The normalized spacial score (nSPS) is 12.3. The van der Waals surface area contributed by atoms with E-state index in [-0.39, 0.29) is 6.61 Å². The molecular formula is C23H16ClNO2. The molecule has 0 fully saturated rings. The Morgan fingerprint density at radius 2 is 1.81 bits per heavy atom. The molecule has 132 valence electrons. The van der Waals surface area contributed by atoms with Gasteiger partial charge in [0.1, 0.15) is 23.8 Å². The first-order valence-corrected chi connectivity index (χ1v) is 8.94. The number of rotatable bonds is 2. The van der Waals surface area contributed by atoms with Crippen molar-refractivity contribution in [2.45, 2.75) is 6.42 Å². The molecule has 1 aromatic heterocycles. The van der Waals surface area contributed by atoms with E-state index in [2.05, 4.69) is 16.8 Å². The number of pyridine rings is 1. The highest BCUT2D eigenvalue weighted by Crippen LogP contribution is 2.27. The molecule has 3 nitrogen and oxygen atoms in total. The summed E-state index contributed by atoms with van der Waals surface area (Å²) in [7, 11) is 0. The van der Waals surface area contributed by atoms with Gasteiger partial charge in [-0.15, -0.1) is 0 Å². The van der Waals surface area contributed by atoms with Crippen molar-refractivity contribution in [3.63, 3.8) is 0 Å². The number of aliphatic hydroxyl groups excluding tert-OH is 1. The van der Waals surface area contributed by atoms with Crippen molar-refractivity contribution in [1.29, 1.82) is 0 Å². The Hall–Kier alpha value is -3.06. The van der Waals surface area contributed by atoms with Crippen molar-refractivity contribution in [2.75, 3.05) is 6.61 Å². The van der Waals surface area contributed by atoms with Crippen molar-refractivity contribution < 1.29 is 9.84 Å². The summed E-state index contributed by atoms with van der Waals surface area (Å²) in [4.78, 5) is 4.43. The number of hydrogen-bond donors (Lipinski definition) is 1. The third kappa shape index (κ3) is 4.03. The molecule has 4 heteroatoms. The van der Waals surface area contributed by atoms with Crippen LogP contribution in [0.5, 0.6) is 5.75 Å². The van der Waals surface area contributed by atoms with Crippen molar-refractivity contribution in [3.05, 3.63) is 94.5 Å². The van der Waals surface area contributed by atoms with Gasteiger partial charge in [-0.2, -0.15) is 0 Å². The molecule has 2 heterocycles. The number of ether oxygens (including phenoxy) is 1. The van der Waals surface area contributed by atoms with Crippen LogP contribution in [-0.2, 0) is 6.42 Å². The van der Waals surface area contributed by atoms with Crippen molar-refractivity contribution in [3.8, 4) is 28.7 Å². The van der Waals surface area contributed by atoms with E-state index in [1.165, 1.54) is 0 Å². The second kappa shape index (κ2) is 7.67. The topological polar surface area (TPSA) is 42.4 Å². The predicted molar refractivity (Wildman–Crippen MR) is 107 cm³/mol. The Morgan fingerprint density at radius 3 is 2.56 bits per heavy atom. The van der Waals surface area contributed by atoms with E-state index in [1.807, 2.05) is 66.9 Å². The number of fused-ring (bicyclic) bond motifs is 1. The summed E-state index contributed by atoms with van der Waals surface area (Å²) < 4.78 is 5.60. The zero-order valence-electron chi connectivity index (χ0n) is 14.4. The lowest BCUT2D eigenvalue weighted by molar-refractivity contribution is 0.258. The van der Waals surface area contributed by atoms with Gasteiger partial charge in [0.05, 0.1) is 0 Å². The summed E-state index contributed by atoms with van der Waals surface area (Å²) in [6, 6.07) is 17.4. The molecule has 27 heavy (non-hydrogen) atoms. The minimum absolute atomic E-state index is 0.0846. The first-order chi connectivity index (χ1) is 13.2. The maximum absolute atomic E-state index is 9.16. The van der Waals surface area contributed by atoms with E-state index in [4.69, 9.17) is 21.4 Å². The lowest BCUT2D eigenvalue weighted by atomic mass is 10.0. The molecule has 0 unspecified atom stereocenters. The third-order valence-electron chi connectivity index (χ3n) is 4.28. The molecular weight excluding hydrogens is 358 g/mol. The first kappa shape index (κ1) is 17.4. The minimum atomic E-state index is -0.0846. The van der Waals surface area contributed by atoms with Crippen LogP contribution in [0.4, 0.5) is 0 Å². The zero-order valence-corrected chi connectivity index (χ0v) is 15.2.